The number of nitrogens with two attached hydrogens (primary N) is 1. The highest BCUT2D eigenvalue weighted by molar-refractivity contribution is 5.97. The SMILES string of the molecule is CCN(CC1CC1)c1cc(C)c(N)c(C(=O)OC)c1. The second-order valence-electron chi connectivity index (χ2n) is 5.20. The molecule has 0 spiro atoms. The van der Waals surface area contributed by atoms with Gasteiger partial charge in [-0.05, 0) is 50.3 Å². The van der Waals surface area contributed by atoms with Crippen LogP contribution in [-0.2, 0) is 4.74 Å². The number of carbonyl (C=O) groups is 1. The summed E-state index contributed by atoms with van der Waals surface area (Å²) in [5.41, 5.74) is 8.92. The Morgan fingerprint density at radius 3 is 2.68 bits per heavy atom. The molecule has 0 aromatic heterocycles. The average Bonchev–Trinajstić information content (AvgIpc) is 3.22. The van der Waals surface area contributed by atoms with E-state index in [4.69, 9.17) is 10.5 Å². The minimum atomic E-state index is -0.370. The lowest BCUT2D eigenvalue weighted by molar-refractivity contribution is 0.0602. The summed E-state index contributed by atoms with van der Waals surface area (Å²) >= 11 is 0. The Hall–Kier alpha value is -1.71. The molecular weight excluding hydrogens is 240 g/mol. The van der Waals surface area contributed by atoms with Gasteiger partial charge in [0, 0.05) is 24.5 Å². The molecule has 0 aliphatic heterocycles. The van der Waals surface area contributed by atoms with Crippen molar-refractivity contribution in [2.75, 3.05) is 30.8 Å². The molecule has 0 heterocycles. The summed E-state index contributed by atoms with van der Waals surface area (Å²) in [5.74, 6) is 0.435. The number of methoxy groups -OCH3 is 1. The predicted octanol–water partition coefficient (Wildman–Crippen LogP) is 2.60. The van der Waals surface area contributed by atoms with Crippen molar-refractivity contribution in [2.45, 2.75) is 26.7 Å². The van der Waals surface area contributed by atoms with E-state index in [1.807, 2.05) is 19.1 Å². The lowest BCUT2D eigenvalue weighted by Gasteiger charge is -2.24. The Balaban J connectivity index is 2.33. The van der Waals surface area contributed by atoms with E-state index in [2.05, 4.69) is 11.8 Å². The first-order chi connectivity index (χ1) is 9.06. The molecule has 2 N–H and O–H groups in total. The fraction of sp³-hybridized carbons (Fsp3) is 0.533. The van der Waals surface area contributed by atoms with E-state index < -0.39 is 0 Å². The summed E-state index contributed by atoms with van der Waals surface area (Å²) in [6.07, 6.45) is 2.63. The molecule has 1 saturated carbocycles. The number of nitrogen functional groups attached to an aromatic ring is 1. The van der Waals surface area contributed by atoms with Crippen molar-refractivity contribution in [3.63, 3.8) is 0 Å². The van der Waals surface area contributed by atoms with E-state index in [1.54, 1.807) is 0 Å². The monoisotopic (exact) mass is 262 g/mol. The third kappa shape index (κ3) is 3.00. The van der Waals surface area contributed by atoms with Gasteiger partial charge >= 0.3 is 5.97 Å². The first kappa shape index (κ1) is 13.7. The molecule has 104 valence electrons. The zero-order chi connectivity index (χ0) is 14.0. The summed E-state index contributed by atoms with van der Waals surface area (Å²) in [5, 5.41) is 0. The molecule has 19 heavy (non-hydrogen) atoms. The number of hydrogen-bond donors (Lipinski definition) is 1. The van der Waals surface area contributed by atoms with Crippen molar-refractivity contribution in [1.29, 1.82) is 0 Å². The fourth-order valence-electron chi connectivity index (χ4n) is 2.27. The molecule has 2 rings (SSSR count). The van der Waals surface area contributed by atoms with Gasteiger partial charge in [0.1, 0.15) is 0 Å². The molecule has 0 unspecified atom stereocenters. The lowest BCUT2D eigenvalue weighted by Crippen LogP contribution is -2.25. The highest BCUT2D eigenvalue weighted by atomic mass is 16.5. The van der Waals surface area contributed by atoms with Crippen molar-refractivity contribution in [2.24, 2.45) is 5.92 Å². The van der Waals surface area contributed by atoms with Crippen LogP contribution in [0.25, 0.3) is 0 Å². The molecule has 1 aromatic rings. The number of benzene rings is 1. The van der Waals surface area contributed by atoms with Gasteiger partial charge in [0.05, 0.1) is 12.7 Å². The molecule has 4 nitrogen and oxygen atoms in total. The van der Waals surface area contributed by atoms with Crippen molar-refractivity contribution >= 4 is 17.3 Å². The van der Waals surface area contributed by atoms with Gasteiger partial charge in [0.25, 0.3) is 0 Å². The van der Waals surface area contributed by atoms with Crippen LogP contribution in [0.2, 0.25) is 0 Å². The van der Waals surface area contributed by atoms with E-state index in [0.29, 0.717) is 11.3 Å². The standard InChI is InChI=1S/C15H22N2O2/c1-4-17(9-11-5-6-11)12-7-10(2)14(16)13(8-12)15(18)19-3/h7-8,11H,4-6,9,16H2,1-3H3. The van der Waals surface area contributed by atoms with Gasteiger partial charge in [-0.25, -0.2) is 4.79 Å². The van der Waals surface area contributed by atoms with Gasteiger partial charge in [-0.3, -0.25) is 0 Å². The second-order valence-corrected chi connectivity index (χ2v) is 5.20. The van der Waals surface area contributed by atoms with Crippen LogP contribution in [-0.4, -0.2) is 26.2 Å². The summed E-state index contributed by atoms with van der Waals surface area (Å²) < 4.78 is 4.80. The van der Waals surface area contributed by atoms with Gasteiger partial charge in [-0.15, -0.1) is 0 Å². The van der Waals surface area contributed by atoms with Crippen LogP contribution in [0.4, 0.5) is 11.4 Å². The van der Waals surface area contributed by atoms with Crippen LogP contribution in [0.1, 0.15) is 35.7 Å². The number of nitrogens with zero attached hydrogens (tertiary/aromatic N) is 1. The van der Waals surface area contributed by atoms with Crippen molar-refractivity contribution < 1.29 is 9.53 Å². The van der Waals surface area contributed by atoms with Crippen LogP contribution < -0.4 is 10.6 Å². The van der Waals surface area contributed by atoms with Gasteiger partial charge in [-0.1, -0.05) is 0 Å². The minimum absolute atomic E-state index is 0.370. The molecule has 0 atom stereocenters. The third-order valence-electron chi connectivity index (χ3n) is 3.70. The zero-order valence-electron chi connectivity index (χ0n) is 11.9. The fourth-order valence-corrected chi connectivity index (χ4v) is 2.27. The largest absolute Gasteiger partial charge is 0.465 e. The Kier molecular flexibility index (Phi) is 3.98. The smallest absolute Gasteiger partial charge is 0.340 e. The predicted molar refractivity (Wildman–Crippen MR) is 77.5 cm³/mol. The molecular formula is C15H22N2O2. The number of carbonyl (C=O) groups excluding carboxylic acids is 1. The van der Waals surface area contributed by atoms with Crippen LogP contribution >= 0.6 is 0 Å². The van der Waals surface area contributed by atoms with Crippen molar-refractivity contribution in [3.05, 3.63) is 23.3 Å². The number of rotatable bonds is 5. The van der Waals surface area contributed by atoms with Gasteiger partial charge in [0.2, 0.25) is 0 Å². The Bertz CT molecular complexity index is 481. The number of hydrogen-bond acceptors (Lipinski definition) is 4. The van der Waals surface area contributed by atoms with E-state index in [1.165, 1.54) is 20.0 Å². The Morgan fingerprint density at radius 1 is 1.47 bits per heavy atom. The Morgan fingerprint density at radius 2 is 2.16 bits per heavy atom. The molecule has 0 amide bonds. The van der Waals surface area contributed by atoms with Crippen LogP contribution in [0, 0.1) is 12.8 Å². The van der Waals surface area contributed by atoms with Crippen LogP contribution in [0.3, 0.4) is 0 Å². The third-order valence-corrected chi connectivity index (χ3v) is 3.70. The van der Waals surface area contributed by atoms with Gasteiger partial charge in [-0.2, -0.15) is 0 Å². The molecule has 0 radical (unpaired) electrons. The van der Waals surface area contributed by atoms with Crippen LogP contribution in [0.5, 0.6) is 0 Å². The average molecular weight is 262 g/mol. The highest BCUT2D eigenvalue weighted by Gasteiger charge is 2.25. The number of aryl methyl sites for hydroxylation is 1. The van der Waals surface area contributed by atoms with E-state index in [-0.39, 0.29) is 5.97 Å². The maximum Gasteiger partial charge on any atom is 0.340 e. The summed E-state index contributed by atoms with van der Waals surface area (Å²) in [7, 11) is 1.38. The molecule has 1 aliphatic carbocycles. The summed E-state index contributed by atoms with van der Waals surface area (Å²) in [6, 6.07) is 3.90. The molecule has 0 bridgehead atoms. The maximum atomic E-state index is 11.8. The van der Waals surface area contributed by atoms with Crippen LogP contribution in [0.15, 0.2) is 12.1 Å². The summed E-state index contributed by atoms with van der Waals surface area (Å²) in [4.78, 5) is 14.1. The second kappa shape index (κ2) is 5.51. The molecule has 4 heteroatoms. The Labute approximate surface area is 114 Å². The normalized spacial score (nSPS) is 14.3. The topological polar surface area (TPSA) is 55.6 Å². The van der Waals surface area contributed by atoms with Crippen molar-refractivity contribution in [1.82, 2.24) is 0 Å². The molecule has 1 aliphatic rings. The minimum Gasteiger partial charge on any atom is -0.465 e. The first-order valence-corrected chi connectivity index (χ1v) is 6.80. The van der Waals surface area contributed by atoms with Crippen molar-refractivity contribution in [3.8, 4) is 0 Å². The number of esters is 1. The molecule has 0 saturated heterocycles. The zero-order valence-corrected chi connectivity index (χ0v) is 11.9. The summed E-state index contributed by atoms with van der Waals surface area (Å²) in [6.45, 7) is 6.04. The lowest BCUT2D eigenvalue weighted by atomic mass is 10.1. The quantitative estimate of drug-likeness (QED) is 0.654. The van der Waals surface area contributed by atoms with Gasteiger partial charge < -0.3 is 15.4 Å². The number of anilines is 2. The van der Waals surface area contributed by atoms with Gasteiger partial charge in [0.15, 0.2) is 0 Å². The first-order valence-electron chi connectivity index (χ1n) is 6.80. The van der Waals surface area contributed by atoms with E-state index >= 15 is 0 Å². The van der Waals surface area contributed by atoms with E-state index in [9.17, 15) is 4.79 Å². The highest BCUT2D eigenvalue weighted by Crippen LogP contribution is 2.33. The molecule has 1 fully saturated rings. The maximum absolute atomic E-state index is 11.8. The molecule has 1 aromatic carbocycles. The number of ether oxygens (including phenoxy) is 1. The van der Waals surface area contributed by atoms with E-state index in [0.717, 1.165) is 30.3 Å².